The molecule has 0 radical (unpaired) electrons. The van der Waals surface area contributed by atoms with E-state index < -0.39 is 48.2 Å². The Hall–Kier alpha value is -4.02. The highest BCUT2D eigenvalue weighted by Gasteiger charge is 2.38. The smallest absolute Gasteiger partial charge is 0.330 e. The van der Waals surface area contributed by atoms with Crippen molar-refractivity contribution in [3.8, 4) is 0 Å². The third kappa shape index (κ3) is 6.22. The molecular formula is C27H29N3O7. The van der Waals surface area contributed by atoms with Gasteiger partial charge < -0.3 is 19.9 Å². The fourth-order valence-corrected chi connectivity index (χ4v) is 4.56. The largest absolute Gasteiger partial charge is 0.460 e. The highest BCUT2D eigenvalue weighted by atomic mass is 16.6. The zero-order valence-corrected chi connectivity index (χ0v) is 20.3. The van der Waals surface area contributed by atoms with Gasteiger partial charge in [-0.25, -0.2) is 4.79 Å². The number of hydrogen-bond acceptors (Lipinski definition) is 7. The molecule has 194 valence electrons. The predicted molar refractivity (Wildman–Crippen MR) is 134 cm³/mol. The van der Waals surface area contributed by atoms with Gasteiger partial charge in [-0.1, -0.05) is 60.7 Å². The Morgan fingerprint density at radius 2 is 1.73 bits per heavy atom. The highest BCUT2D eigenvalue weighted by Crippen LogP contribution is 2.30. The third-order valence-electron chi connectivity index (χ3n) is 6.32. The quantitative estimate of drug-likeness (QED) is 0.375. The Bertz CT molecular complexity index is 1300. The molecule has 0 saturated carbocycles. The van der Waals surface area contributed by atoms with Gasteiger partial charge in [0.15, 0.2) is 0 Å². The number of carbonyl (C=O) groups excluding carboxylic acids is 2. The summed E-state index contributed by atoms with van der Waals surface area (Å²) in [5.74, 6) is -1.15. The summed E-state index contributed by atoms with van der Waals surface area (Å²) in [6.45, 7) is 1.09. The highest BCUT2D eigenvalue weighted by molar-refractivity contribution is 5.93. The van der Waals surface area contributed by atoms with Crippen LogP contribution in [0.25, 0.3) is 0 Å². The summed E-state index contributed by atoms with van der Waals surface area (Å²) in [4.78, 5) is 51.3. The van der Waals surface area contributed by atoms with Crippen molar-refractivity contribution in [3.05, 3.63) is 104 Å². The maximum Gasteiger partial charge on any atom is 0.330 e. The van der Waals surface area contributed by atoms with Crippen molar-refractivity contribution in [1.29, 1.82) is 0 Å². The average molecular weight is 508 g/mol. The van der Waals surface area contributed by atoms with E-state index in [0.29, 0.717) is 6.42 Å². The Morgan fingerprint density at radius 3 is 2.30 bits per heavy atom. The lowest BCUT2D eigenvalue weighted by Gasteiger charge is -2.19. The van der Waals surface area contributed by atoms with Crippen molar-refractivity contribution in [2.75, 3.05) is 13.2 Å². The van der Waals surface area contributed by atoms with Gasteiger partial charge in [-0.05, 0) is 17.5 Å². The van der Waals surface area contributed by atoms with Crippen LogP contribution < -0.4 is 16.6 Å². The van der Waals surface area contributed by atoms with E-state index in [0.717, 1.165) is 21.9 Å². The van der Waals surface area contributed by atoms with Crippen molar-refractivity contribution in [1.82, 2.24) is 14.9 Å². The monoisotopic (exact) mass is 507 g/mol. The Balaban J connectivity index is 1.48. The van der Waals surface area contributed by atoms with E-state index in [1.807, 2.05) is 60.7 Å². The van der Waals surface area contributed by atoms with E-state index in [9.17, 15) is 24.3 Å². The molecule has 3 N–H and O–H groups in total. The Labute approximate surface area is 212 Å². The molecule has 1 aromatic heterocycles. The number of ether oxygens (including phenoxy) is 2. The summed E-state index contributed by atoms with van der Waals surface area (Å²) < 4.78 is 11.9. The number of aromatic nitrogens is 2. The molecule has 3 atom stereocenters. The van der Waals surface area contributed by atoms with Gasteiger partial charge in [0.2, 0.25) is 0 Å². The molecule has 2 aromatic carbocycles. The Kier molecular flexibility index (Phi) is 8.32. The first-order chi connectivity index (χ1) is 17.9. The van der Waals surface area contributed by atoms with Crippen LogP contribution in [0.5, 0.6) is 0 Å². The molecule has 10 heteroatoms. The van der Waals surface area contributed by atoms with Crippen LogP contribution in [0.15, 0.2) is 76.4 Å². The van der Waals surface area contributed by atoms with Crippen LogP contribution in [-0.2, 0) is 14.3 Å². The van der Waals surface area contributed by atoms with Gasteiger partial charge in [-0.3, -0.25) is 23.9 Å². The average Bonchev–Trinajstić information content (AvgIpc) is 3.29. The Morgan fingerprint density at radius 1 is 1.11 bits per heavy atom. The maximum atomic E-state index is 12.9. The molecule has 4 rings (SSSR count). The van der Waals surface area contributed by atoms with Crippen LogP contribution in [-0.4, -0.2) is 51.9 Å². The second-order valence-corrected chi connectivity index (χ2v) is 8.82. The standard InChI is InChI=1S/C27H29N3O7/c1-17(32)36-22-14-24(37-23(22)16-31)30-15-21(26(34)29-27(30)35)25(33)28-13-12-20(18-8-4-2-5-9-18)19-10-6-3-7-11-19/h2-11,15,20,22-24,31H,12-14,16H2,1H3,(H,28,33)(H,29,34,35)/t22-,23+,24+/m0/s1. The maximum absolute atomic E-state index is 12.9. The van der Waals surface area contributed by atoms with Crippen molar-refractivity contribution in [2.45, 2.75) is 44.1 Å². The number of nitrogens with zero attached hydrogens (tertiary/aromatic N) is 1. The second-order valence-electron chi connectivity index (χ2n) is 8.82. The van der Waals surface area contributed by atoms with Crippen LogP contribution in [0.4, 0.5) is 0 Å². The first-order valence-electron chi connectivity index (χ1n) is 12.0. The fourth-order valence-electron chi connectivity index (χ4n) is 4.56. The van der Waals surface area contributed by atoms with Crippen molar-refractivity contribution in [3.63, 3.8) is 0 Å². The number of aliphatic hydroxyl groups excluding tert-OH is 1. The topological polar surface area (TPSA) is 140 Å². The third-order valence-corrected chi connectivity index (χ3v) is 6.32. The van der Waals surface area contributed by atoms with Gasteiger partial charge in [0, 0.05) is 32.0 Å². The number of esters is 1. The van der Waals surface area contributed by atoms with Gasteiger partial charge in [-0.2, -0.15) is 0 Å². The van der Waals surface area contributed by atoms with Gasteiger partial charge in [0.1, 0.15) is 24.0 Å². The van der Waals surface area contributed by atoms with E-state index in [-0.39, 0.29) is 24.4 Å². The minimum Gasteiger partial charge on any atom is -0.460 e. The van der Waals surface area contributed by atoms with E-state index in [1.54, 1.807) is 0 Å². The summed E-state index contributed by atoms with van der Waals surface area (Å²) in [5.41, 5.74) is 0.354. The van der Waals surface area contributed by atoms with Gasteiger partial charge in [0.05, 0.1) is 6.61 Å². The van der Waals surface area contributed by atoms with E-state index >= 15 is 0 Å². The van der Waals surface area contributed by atoms with Crippen LogP contribution in [0.3, 0.4) is 0 Å². The number of rotatable bonds is 9. The van der Waals surface area contributed by atoms with Crippen molar-refractivity contribution >= 4 is 11.9 Å². The molecule has 1 aliphatic heterocycles. The van der Waals surface area contributed by atoms with Crippen molar-refractivity contribution in [2.24, 2.45) is 0 Å². The minimum atomic E-state index is -0.932. The molecule has 1 amide bonds. The van der Waals surface area contributed by atoms with Crippen LogP contribution in [0.1, 0.15) is 53.4 Å². The lowest BCUT2D eigenvalue weighted by molar-refractivity contribution is -0.150. The van der Waals surface area contributed by atoms with E-state index in [2.05, 4.69) is 10.3 Å². The first-order valence-corrected chi connectivity index (χ1v) is 12.0. The number of carbonyl (C=O) groups is 2. The molecule has 0 aliphatic carbocycles. The molecule has 1 aliphatic rings. The van der Waals surface area contributed by atoms with E-state index in [1.165, 1.54) is 6.92 Å². The molecule has 10 nitrogen and oxygen atoms in total. The molecule has 1 fully saturated rings. The lowest BCUT2D eigenvalue weighted by atomic mass is 9.88. The molecular weight excluding hydrogens is 478 g/mol. The zero-order chi connectivity index (χ0) is 26.4. The summed E-state index contributed by atoms with van der Waals surface area (Å²) in [7, 11) is 0. The minimum absolute atomic E-state index is 0.0375. The van der Waals surface area contributed by atoms with Crippen LogP contribution >= 0.6 is 0 Å². The molecule has 2 heterocycles. The van der Waals surface area contributed by atoms with Gasteiger partial charge >= 0.3 is 11.7 Å². The molecule has 0 bridgehead atoms. The summed E-state index contributed by atoms with van der Waals surface area (Å²) in [5, 5.41) is 12.3. The lowest BCUT2D eigenvalue weighted by Crippen LogP contribution is -2.38. The molecule has 1 saturated heterocycles. The molecule has 3 aromatic rings. The molecule has 0 spiro atoms. The second kappa shape index (κ2) is 11.8. The SMILES string of the molecule is CC(=O)O[C@H]1C[C@H](n2cc(C(=O)NCCC(c3ccccc3)c3ccccc3)c(=O)[nH]c2=O)O[C@@H]1CO. The number of H-pyrrole nitrogens is 1. The fraction of sp³-hybridized carbons (Fsp3) is 0.333. The van der Waals surface area contributed by atoms with Crippen LogP contribution in [0, 0.1) is 0 Å². The number of aliphatic hydroxyl groups is 1. The predicted octanol–water partition coefficient (Wildman–Crippen LogP) is 1.70. The van der Waals surface area contributed by atoms with Gasteiger partial charge in [-0.15, -0.1) is 0 Å². The number of amides is 1. The number of aromatic amines is 1. The number of benzene rings is 2. The number of nitrogens with one attached hydrogen (secondary N) is 2. The molecule has 37 heavy (non-hydrogen) atoms. The summed E-state index contributed by atoms with van der Waals surface area (Å²) >= 11 is 0. The van der Waals surface area contributed by atoms with Gasteiger partial charge in [0.25, 0.3) is 11.5 Å². The van der Waals surface area contributed by atoms with Crippen LogP contribution in [0.2, 0.25) is 0 Å². The van der Waals surface area contributed by atoms with Crippen molar-refractivity contribution < 1.29 is 24.2 Å². The normalized spacial score (nSPS) is 19.1. The first kappa shape index (κ1) is 26.1. The zero-order valence-electron chi connectivity index (χ0n) is 20.3. The van der Waals surface area contributed by atoms with E-state index in [4.69, 9.17) is 9.47 Å². The number of hydrogen-bond donors (Lipinski definition) is 3. The molecule has 0 unspecified atom stereocenters. The summed E-state index contributed by atoms with van der Waals surface area (Å²) in [6.07, 6.45) is -0.733. The summed E-state index contributed by atoms with van der Waals surface area (Å²) in [6, 6.07) is 19.9.